The van der Waals surface area contributed by atoms with E-state index < -0.39 is 0 Å². The van der Waals surface area contributed by atoms with Gasteiger partial charge in [0.05, 0.1) is 6.54 Å². The van der Waals surface area contributed by atoms with E-state index in [0.29, 0.717) is 12.2 Å². The van der Waals surface area contributed by atoms with Gasteiger partial charge in [-0.05, 0) is 12.1 Å². The van der Waals surface area contributed by atoms with Gasteiger partial charge in [-0.15, -0.1) is 0 Å². The fraction of sp³-hybridized carbons (Fsp3) is 0.400. The molecule has 5 heteroatoms. The second kappa shape index (κ2) is 5.96. The fourth-order valence-electron chi connectivity index (χ4n) is 1.07. The number of hydrogen-bond acceptors (Lipinski definition) is 5. The van der Waals surface area contributed by atoms with Crippen LogP contribution in [-0.4, -0.2) is 32.0 Å². The van der Waals surface area contributed by atoms with Crippen molar-refractivity contribution in [2.24, 2.45) is 0 Å². The lowest BCUT2D eigenvalue weighted by molar-refractivity contribution is -0.0914. The molecule has 1 heterocycles. The first kappa shape index (κ1) is 11.4. The lowest BCUT2D eigenvalue weighted by Gasteiger charge is -2.14. The molecule has 0 aromatic carbocycles. The number of nitrogens with zero attached hydrogens (tertiary/aromatic N) is 2. The molecule has 1 aromatic rings. The lowest BCUT2D eigenvalue weighted by Crippen LogP contribution is -2.23. The Balaban J connectivity index is 2.54. The van der Waals surface area contributed by atoms with Crippen LogP contribution in [0.15, 0.2) is 18.3 Å². The van der Waals surface area contributed by atoms with E-state index in [1.165, 1.54) is 0 Å². The van der Waals surface area contributed by atoms with Gasteiger partial charge in [0, 0.05) is 26.1 Å². The molecule has 80 valence electrons. The lowest BCUT2D eigenvalue weighted by atomic mass is 10.3. The molecule has 0 bridgehead atoms. The Hall–Kier alpha value is -1.64. The van der Waals surface area contributed by atoms with Crippen molar-refractivity contribution < 1.29 is 9.47 Å². The molecule has 0 aliphatic carbocycles. The van der Waals surface area contributed by atoms with E-state index >= 15 is 0 Å². The number of nitriles is 1. The van der Waals surface area contributed by atoms with Crippen molar-refractivity contribution in [1.82, 2.24) is 4.98 Å². The van der Waals surface area contributed by atoms with E-state index in [9.17, 15) is 0 Å². The van der Waals surface area contributed by atoms with E-state index in [4.69, 9.17) is 14.7 Å². The van der Waals surface area contributed by atoms with Crippen LogP contribution < -0.4 is 5.32 Å². The van der Waals surface area contributed by atoms with E-state index in [2.05, 4.69) is 10.3 Å². The van der Waals surface area contributed by atoms with Gasteiger partial charge >= 0.3 is 0 Å². The zero-order valence-corrected chi connectivity index (χ0v) is 8.73. The van der Waals surface area contributed by atoms with Crippen LogP contribution in [0.5, 0.6) is 0 Å². The van der Waals surface area contributed by atoms with Crippen molar-refractivity contribution in [2.75, 3.05) is 26.1 Å². The van der Waals surface area contributed by atoms with E-state index in [-0.39, 0.29) is 6.29 Å². The largest absolute Gasteiger partial charge is 0.380 e. The predicted molar refractivity (Wildman–Crippen MR) is 55.2 cm³/mol. The molecule has 0 radical (unpaired) electrons. The monoisotopic (exact) mass is 207 g/mol. The minimum atomic E-state index is -0.302. The van der Waals surface area contributed by atoms with Crippen molar-refractivity contribution >= 4 is 5.69 Å². The summed E-state index contributed by atoms with van der Waals surface area (Å²) >= 11 is 0. The van der Waals surface area contributed by atoms with Gasteiger partial charge in [0.15, 0.2) is 6.29 Å². The Bertz CT molecular complexity index is 345. The summed E-state index contributed by atoms with van der Waals surface area (Å²) in [7, 11) is 3.15. The van der Waals surface area contributed by atoms with Crippen LogP contribution in [0.4, 0.5) is 5.69 Å². The average Bonchev–Trinajstić information content (AvgIpc) is 2.31. The minimum Gasteiger partial charge on any atom is -0.380 e. The third-order valence-corrected chi connectivity index (χ3v) is 1.87. The summed E-state index contributed by atoms with van der Waals surface area (Å²) in [5.74, 6) is 0. The molecule has 0 saturated carbocycles. The van der Waals surface area contributed by atoms with Gasteiger partial charge in [0.1, 0.15) is 11.8 Å². The predicted octanol–water partition coefficient (Wildman–Crippen LogP) is 0.984. The second-order valence-corrected chi connectivity index (χ2v) is 2.82. The molecule has 0 aliphatic heterocycles. The second-order valence-electron chi connectivity index (χ2n) is 2.82. The summed E-state index contributed by atoms with van der Waals surface area (Å²) in [6.45, 7) is 0.516. The van der Waals surface area contributed by atoms with Crippen LogP contribution >= 0.6 is 0 Å². The summed E-state index contributed by atoms with van der Waals surface area (Å²) in [6.07, 6.45) is 1.28. The standard InChI is InChI=1S/C10H13N3O2/c1-14-10(15-2)7-13-8-3-4-12-9(5-8)6-11/h3-5,10H,7H2,1-2H3,(H,12,13). The molecule has 1 N–H and O–H groups in total. The normalized spacial score (nSPS) is 10.0. The molecule has 1 rings (SSSR count). The summed E-state index contributed by atoms with van der Waals surface area (Å²) < 4.78 is 10.0. The van der Waals surface area contributed by atoms with Crippen LogP contribution in [0.25, 0.3) is 0 Å². The van der Waals surface area contributed by atoms with E-state index in [0.717, 1.165) is 5.69 Å². The highest BCUT2D eigenvalue weighted by molar-refractivity contribution is 5.45. The van der Waals surface area contributed by atoms with Gasteiger partial charge in [0.2, 0.25) is 0 Å². The van der Waals surface area contributed by atoms with Crippen LogP contribution in [-0.2, 0) is 9.47 Å². The maximum Gasteiger partial charge on any atom is 0.173 e. The molecular formula is C10H13N3O2. The summed E-state index contributed by atoms with van der Waals surface area (Å²) in [5.41, 5.74) is 1.20. The molecule has 0 aliphatic rings. The summed E-state index contributed by atoms with van der Waals surface area (Å²) in [6, 6.07) is 5.42. The van der Waals surface area contributed by atoms with Crippen molar-refractivity contribution in [3.05, 3.63) is 24.0 Å². The number of methoxy groups -OCH3 is 2. The number of anilines is 1. The van der Waals surface area contributed by atoms with Gasteiger partial charge in [0.25, 0.3) is 0 Å². The molecule has 0 fully saturated rings. The molecule has 0 unspecified atom stereocenters. The van der Waals surface area contributed by atoms with E-state index in [1.807, 2.05) is 6.07 Å². The minimum absolute atomic E-state index is 0.302. The first-order chi connectivity index (χ1) is 7.30. The molecular weight excluding hydrogens is 194 g/mol. The first-order valence-electron chi connectivity index (χ1n) is 4.45. The van der Waals surface area contributed by atoms with Gasteiger partial charge < -0.3 is 14.8 Å². The number of rotatable bonds is 5. The Labute approximate surface area is 88.6 Å². The molecule has 1 aromatic heterocycles. The van der Waals surface area contributed by atoms with Crippen molar-refractivity contribution in [1.29, 1.82) is 5.26 Å². The molecule has 0 atom stereocenters. The Morgan fingerprint density at radius 3 is 2.87 bits per heavy atom. The van der Waals surface area contributed by atoms with Crippen LogP contribution in [0, 0.1) is 11.3 Å². The average molecular weight is 207 g/mol. The highest BCUT2D eigenvalue weighted by Crippen LogP contribution is 2.07. The van der Waals surface area contributed by atoms with Gasteiger partial charge in [-0.2, -0.15) is 5.26 Å². The number of ether oxygens (including phenoxy) is 2. The molecule has 0 saturated heterocycles. The number of pyridine rings is 1. The molecule has 15 heavy (non-hydrogen) atoms. The number of nitrogens with one attached hydrogen (secondary N) is 1. The summed E-state index contributed by atoms with van der Waals surface area (Å²) in [5, 5.41) is 11.7. The molecule has 0 spiro atoms. The van der Waals surface area contributed by atoms with Crippen LogP contribution in [0.1, 0.15) is 5.69 Å². The third kappa shape index (κ3) is 3.54. The SMILES string of the molecule is COC(CNc1ccnc(C#N)c1)OC. The van der Waals surface area contributed by atoms with Crippen molar-refractivity contribution in [3.8, 4) is 6.07 Å². The number of hydrogen-bond donors (Lipinski definition) is 1. The van der Waals surface area contributed by atoms with Crippen LogP contribution in [0.2, 0.25) is 0 Å². The first-order valence-corrected chi connectivity index (χ1v) is 4.45. The van der Waals surface area contributed by atoms with Gasteiger partial charge in [-0.1, -0.05) is 0 Å². The zero-order chi connectivity index (χ0) is 11.1. The Kier molecular flexibility index (Phi) is 4.54. The highest BCUT2D eigenvalue weighted by Gasteiger charge is 2.04. The smallest absolute Gasteiger partial charge is 0.173 e. The third-order valence-electron chi connectivity index (χ3n) is 1.87. The van der Waals surface area contributed by atoms with Gasteiger partial charge in [-0.25, -0.2) is 4.98 Å². The van der Waals surface area contributed by atoms with Crippen molar-refractivity contribution in [2.45, 2.75) is 6.29 Å². The van der Waals surface area contributed by atoms with Crippen molar-refractivity contribution in [3.63, 3.8) is 0 Å². The zero-order valence-electron chi connectivity index (χ0n) is 8.73. The van der Waals surface area contributed by atoms with E-state index in [1.54, 1.807) is 32.5 Å². The topological polar surface area (TPSA) is 67.2 Å². The number of aromatic nitrogens is 1. The fourth-order valence-corrected chi connectivity index (χ4v) is 1.07. The summed E-state index contributed by atoms with van der Waals surface area (Å²) in [4.78, 5) is 3.86. The molecule has 0 amide bonds. The van der Waals surface area contributed by atoms with Crippen LogP contribution in [0.3, 0.4) is 0 Å². The highest BCUT2D eigenvalue weighted by atomic mass is 16.7. The maximum atomic E-state index is 8.64. The maximum absolute atomic E-state index is 8.64. The Morgan fingerprint density at radius 2 is 2.27 bits per heavy atom. The van der Waals surface area contributed by atoms with Gasteiger partial charge in [-0.3, -0.25) is 0 Å². The molecule has 5 nitrogen and oxygen atoms in total. The Morgan fingerprint density at radius 1 is 1.53 bits per heavy atom. The quantitative estimate of drug-likeness (QED) is 0.729.